The molecule has 0 aromatic heterocycles. The molecule has 13 heavy (non-hydrogen) atoms. The Kier molecular flexibility index (Phi) is 3.34. The van der Waals surface area contributed by atoms with Gasteiger partial charge in [-0.1, -0.05) is 20.8 Å². The first-order valence-corrected chi connectivity index (χ1v) is 5.23. The van der Waals surface area contributed by atoms with Crippen molar-refractivity contribution in [1.29, 1.82) is 0 Å². The topological polar surface area (TPSA) is 20.3 Å². The molecule has 2 heteroatoms. The number of nitrogens with zero attached hydrogens (tertiary/aromatic N) is 1. The van der Waals surface area contributed by atoms with Crippen molar-refractivity contribution in [3.05, 3.63) is 0 Å². The maximum Gasteiger partial charge on any atom is 0.209 e. The van der Waals surface area contributed by atoms with Gasteiger partial charge in [0.05, 0.1) is 0 Å². The van der Waals surface area contributed by atoms with Crippen LogP contribution in [0.3, 0.4) is 0 Å². The molecule has 0 bridgehead atoms. The summed E-state index contributed by atoms with van der Waals surface area (Å²) in [4.78, 5) is 12.5. The fraction of sp³-hybridized carbons (Fsp3) is 0.909. The molecule has 0 aliphatic carbocycles. The first kappa shape index (κ1) is 10.6. The largest absolute Gasteiger partial charge is 0.345 e. The van der Waals surface area contributed by atoms with Gasteiger partial charge in [0.2, 0.25) is 6.41 Å². The first-order valence-electron chi connectivity index (χ1n) is 5.23. The van der Waals surface area contributed by atoms with E-state index in [1.54, 1.807) is 0 Å². The molecule has 0 spiro atoms. The van der Waals surface area contributed by atoms with Gasteiger partial charge in [0.25, 0.3) is 0 Å². The van der Waals surface area contributed by atoms with E-state index in [0.29, 0.717) is 5.41 Å². The van der Waals surface area contributed by atoms with E-state index in [1.807, 2.05) is 4.90 Å². The van der Waals surface area contributed by atoms with Crippen LogP contribution in [0.5, 0.6) is 0 Å². The lowest BCUT2D eigenvalue weighted by Gasteiger charge is -2.29. The highest BCUT2D eigenvalue weighted by molar-refractivity contribution is 5.46. The van der Waals surface area contributed by atoms with Crippen molar-refractivity contribution in [2.24, 2.45) is 11.3 Å². The summed E-state index contributed by atoms with van der Waals surface area (Å²) in [5, 5.41) is 0. The normalized spacial score (nSPS) is 25.5. The van der Waals surface area contributed by atoms with Crippen molar-refractivity contribution in [3.63, 3.8) is 0 Å². The summed E-state index contributed by atoms with van der Waals surface area (Å²) in [6.07, 6.45) is 4.60. The number of hydrogen-bond acceptors (Lipinski definition) is 1. The molecule has 1 fully saturated rings. The van der Waals surface area contributed by atoms with Gasteiger partial charge < -0.3 is 4.90 Å². The molecule has 0 radical (unpaired) electrons. The summed E-state index contributed by atoms with van der Waals surface area (Å²) in [5.41, 5.74) is 0.402. The van der Waals surface area contributed by atoms with E-state index < -0.39 is 0 Å². The fourth-order valence-corrected chi connectivity index (χ4v) is 2.09. The minimum Gasteiger partial charge on any atom is -0.345 e. The van der Waals surface area contributed by atoms with Gasteiger partial charge in [-0.2, -0.15) is 0 Å². The Morgan fingerprint density at radius 3 is 2.46 bits per heavy atom. The zero-order valence-corrected chi connectivity index (χ0v) is 9.05. The number of amides is 1. The third-order valence-electron chi connectivity index (χ3n) is 3.14. The van der Waals surface area contributed by atoms with E-state index in [-0.39, 0.29) is 0 Å². The lowest BCUT2D eigenvalue weighted by Crippen LogP contribution is -2.24. The summed E-state index contributed by atoms with van der Waals surface area (Å²) in [6.45, 7) is 8.80. The smallest absolute Gasteiger partial charge is 0.209 e. The summed E-state index contributed by atoms with van der Waals surface area (Å²) >= 11 is 0. The summed E-state index contributed by atoms with van der Waals surface area (Å²) in [6, 6.07) is 0. The molecule has 1 saturated heterocycles. The molecule has 2 nitrogen and oxygen atoms in total. The van der Waals surface area contributed by atoms with E-state index in [9.17, 15) is 4.79 Å². The maximum atomic E-state index is 10.6. The molecule has 0 saturated carbocycles. The highest BCUT2D eigenvalue weighted by Gasteiger charge is 2.26. The Balaban J connectivity index is 2.49. The van der Waals surface area contributed by atoms with Gasteiger partial charge >= 0.3 is 0 Å². The van der Waals surface area contributed by atoms with Crippen LogP contribution < -0.4 is 0 Å². The van der Waals surface area contributed by atoms with Gasteiger partial charge in [-0.3, -0.25) is 4.79 Å². The Morgan fingerprint density at radius 2 is 1.92 bits per heavy atom. The Hall–Kier alpha value is -0.530. The Labute approximate surface area is 81.3 Å². The van der Waals surface area contributed by atoms with Crippen molar-refractivity contribution in [1.82, 2.24) is 4.90 Å². The highest BCUT2D eigenvalue weighted by Crippen LogP contribution is 2.33. The molecule has 1 unspecified atom stereocenters. The van der Waals surface area contributed by atoms with Gasteiger partial charge in [-0.25, -0.2) is 0 Å². The average Bonchev–Trinajstić information content (AvgIpc) is 2.26. The molecule has 0 N–H and O–H groups in total. The minimum absolute atomic E-state index is 0.402. The first-order chi connectivity index (χ1) is 6.04. The predicted molar refractivity (Wildman–Crippen MR) is 54.4 cm³/mol. The molecule has 1 atom stereocenters. The zero-order chi connectivity index (χ0) is 9.90. The second-order valence-corrected chi connectivity index (χ2v) is 5.14. The minimum atomic E-state index is 0.402. The molecule has 0 aromatic rings. The molecule has 76 valence electrons. The second kappa shape index (κ2) is 4.12. The van der Waals surface area contributed by atoms with E-state index in [2.05, 4.69) is 20.8 Å². The molecule has 1 aliphatic rings. The highest BCUT2D eigenvalue weighted by atomic mass is 16.1. The molecular weight excluding hydrogens is 162 g/mol. The molecule has 1 heterocycles. The van der Waals surface area contributed by atoms with Gasteiger partial charge in [-0.15, -0.1) is 0 Å². The van der Waals surface area contributed by atoms with Crippen LogP contribution in [-0.2, 0) is 4.79 Å². The number of carbonyl (C=O) groups is 1. The summed E-state index contributed by atoms with van der Waals surface area (Å²) in [7, 11) is 0. The number of hydrogen-bond donors (Lipinski definition) is 0. The third-order valence-corrected chi connectivity index (χ3v) is 3.14. The van der Waals surface area contributed by atoms with Crippen LogP contribution in [0.4, 0.5) is 0 Å². The van der Waals surface area contributed by atoms with Gasteiger partial charge in [0.15, 0.2) is 0 Å². The van der Waals surface area contributed by atoms with Gasteiger partial charge in [0.1, 0.15) is 0 Å². The van der Waals surface area contributed by atoms with Crippen molar-refractivity contribution < 1.29 is 4.79 Å². The third kappa shape index (κ3) is 3.02. The molecular formula is C11H21NO. The summed E-state index contributed by atoms with van der Waals surface area (Å²) < 4.78 is 0. The fourth-order valence-electron chi connectivity index (χ4n) is 2.09. The van der Waals surface area contributed by atoms with Crippen molar-refractivity contribution in [2.75, 3.05) is 13.1 Å². The Morgan fingerprint density at radius 1 is 1.23 bits per heavy atom. The number of carbonyl (C=O) groups excluding carboxylic acids is 1. The van der Waals surface area contributed by atoms with Crippen LogP contribution in [0.1, 0.15) is 40.0 Å². The molecule has 1 aliphatic heterocycles. The molecule has 1 amide bonds. The van der Waals surface area contributed by atoms with Crippen LogP contribution in [0, 0.1) is 11.3 Å². The van der Waals surface area contributed by atoms with Crippen molar-refractivity contribution in [3.8, 4) is 0 Å². The van der Waals surface area contributed by atoms with E-state index in [4.69, 9.17) is 0 Å². The van der Waals surface area contributed by atoms with Crippen LogP contribution in [0.2, 0.25) is 0 Å². The average molecular weight is 183 g/mol. The lowest BCUT2D eigenvalue weighted by atomic mass is 9.77. The quantitative estimate of drug-likeness (QED) is 0.571. The van der Waals surface area contributed by atoms with Crippen LogP contribution in [-0.4, -0.2) is 24.4 Å². The van der Waals surface area contributed by atoms with Crippen LogP contribution in [0.15, 0.2) is 0 Å². The van der Waals surface area contributed by atoms with Crippen molar-refractivity contribution in [2.45, 2.75) is 40.0 Å². The van der Waals surface area contributed by atoms with Gasteiger partial charge in [-0.05, 0) is 30.6 Å². The monoisotopic (exact) mass is 183 g/mol. The SMILES string of the molecule is CC(C)(C)C1CCCN(C=O)CC1. The van der Waals surface area contributed by atoms with E-state index in [0.717, 1.165) is 25.4 Å². The Bertz CT molecular complexity index is 171. The van der Waals surface area contributed by atoms with Crippen molar-refractivity contribution >= 4 is 6.41 Å². The van der Waals surface area contributed by atoms with Gasteiger partial charge in [0, 0.05) is 13.1 Å². The lowest BCUT2D eigenvalue weighted by molar-refractivity contribution is -0.118. The van der Waals surface area contributed by atoms with E-state index >= 15 is 0 Å². The second-order valence-electron chi connectivity index (χ2n) is 5.14. The van der Waals surface area contributed by atoms with Crippen LogP contribution >= 0.6 is 0 Å². The predicted octanol–water partition coefficient (Wildman–Crippen LogP) is 2.29. The number of rotatable bonds is 1. The van der Waals surface area contributed by atoms with E-state index in [1.165, 1.54) is 19.3 Å². The summed E-state index contributed by atoms with van der Waals surface area (Å²) in [5.74, 6) is 0.775. The van der Waals surface area contributed by atoms with Crippen LogP contribution in [0.25, 0.3) is 0 Å². The standard InChI is InChI=1S/C11H21NO/c1-11(2,3)10-5-4-7-12(9-13)8-6-10/h9-10H,4-8H2,1-3H3. The molecule has 1 rings (SSSR count). The zero-order valence-electron chi connectivity index (χ0n) is 9.05. The maximum absolute atomic E-state index is 10.6. The molecule has 0 aromatic carbocycles. The number of likely N-dealkylation sites (tertiary alicyclic amines) is 1.